The Hall–Kier alpha value is -1.85. The average Bonchev–Trinajstić information content (AvgIpc) is 2.51. The van der Waals surface area contributed by atoms with Gasteiger partial charge in [0.1, 0.15) is 5.82 Å². The first-order valence-electron chi connectivity index (χ1n) is 4.42. The molecule has 2 aromatic heterocycles. The summed E-state index contributed by atoms with van der Waals surface area (Å²) in [6.45, 7) is 5.85. The van der Waals surface area contributed by atoms with E-state index in [1.54, 1.807) is 0 Å². The maximum atomic E-state index is 5.61. The minimum atomic E-state index is 0.145. The van der Waals surface area contributed by atoms with Crippen LogP contribution in [-0.4, -0.2) is 20.2 Å². The summed E-state index contributed by atoms with van der Waals surface area (Å²) >= 11 is 0. The maximum Gasteiger partial charge on any atom is 0.224 e. The molecule has 0 fully saturated rings. The van der Waals surface area contributed by atoms with Crippen LogP contribution in [0.3, 0.4) is 0 Å². The highest BCUT2D eigenvalue weighted by Crippen LogP contribution is 2.18. The summed E-state index contributed by atoms with van der Waals surface area (Å²) in [5.74, 6) is 0.509. The van der Waals surface area contributed by atoms with Crippen molar-refractivity contribution in [3.8, 4) is 0 Å². The van der Waals surface area contributed by atoms with E-state index in [0.717, 1.165) is 11.1 Å². The van der Waals surface area contributed by atoms with Crippen molar-refractivity contribution in [2.75, 3.05) is 11.5 Å². The van der Waals surface area contributed by atoms with Gasteiger partial charge in [-0.05, 0) is 6.92 Å². The number of H-pyrrole nitrogens is 1. The van der Waals surface area contributed by atoms with Crippen LogP contribution >= 0.6 is 0 Å². The first-order valence-corrected chi connectivity index (χ1v) is 4.42. The third-order valence-electron chi connectivity index (χ3n) is 1.64. The van der Waals surface area contributed by atoms with Crippen LogP contribution in [0.25, 0.3) is 11.0 Å². The SMILES string of the molecule is CC.Cc1[nH]nc2nc(N)nc(N)c12. The molecule has 2 rings (SSSR count). The minimum Gasteiger partial charge on any atom is -0.383 e. The second-order valence-electron chi connectivity index (χ2n) is 2.51. The third kappa shape index (κ3) is 1.59. The molecule has 0 bridgehead atoms. The van der Waals surface area contributed by atoms with Crippen LogP contribution in [0.15, 0.2) is 0 Å². The average molecular weight is 194 g/mol. The monoisotopic (exact) mass is 194 g/mol. The van der Waals surface area contributed by atoms with E-state index in [4.69, 9.17) is 11.5 Å². The van der Waals surface area contributed by atoms with Gasteiger partial charge in [0.25, 0.3) is 0 Å². The Bertz CT molecular complexity index is 433. The normalized spacial score (nSPS) is 9.64. The second-order valence-corrected chi connectivity index (χ2v) is 2.51. The number of aromatic nitrogens is 4. The summed E-state index contributed by atoms with van der Waals surface area (Å²) in [5, 5.41) is 7.40. The van der Waals surface area contributed by atoms with Gasteiger partial charge in [-0.2, -0.15) is 15.1 Å². The van der Waals surface area contributed by atoms with E-state index >= 15 is 0 Å². The van der Waals surface area contributed by atoms with E-state index in [0.29, 0.717) is 11.5 Å². The van der Waals surface area contributed by atoms with E-state index in [1.165, 1.54) is 0 Å². The highest BCUT2D eigenvalue weighted by atomic mass is 15.2. The number of hydrogen-bond donors (Lipinski definition) is 3. The molecule has 0 aromatic carbocycles. The molecule has 0 unspecified atom stereocenters. The third-order valence-corrected chi connectivity index (χ3v) is 1.64. The number of anilines is 2. The molecule has 6 nitrogen and oxygen atoms in total. The van der Waals surface area contributed by atoms with Crippen molar-refractivity contribution >= 4 is 22.8 Å². The quantitative estimate of drug-likeness (QED) is 0.576. The Labute approximate surface area is 81.7 Å². The van der Waals surface area contributed by atoms with Crippen LogP contribution in [0.4, 0.5) is 11.8 Å². The molecule has 0 amide bonds. The van der Waals surface area contributed by atoms with Gasteiger partial charge in [0.05, 0.1) is 5.39 Å². The molecule has 14 heavy (non-hydrogen) atoms. The van der Waals surface area contributed by atoms with Gasteiger partial charge in [0, 0.05) is 5.69 Å². The smallest absolute Gasteiger partial charge is 0.224 e. The van der Waals surface area contributed by atoms with Gasteiger partial charge >= 0.3 is 0 Å². The first kappa shape index (κ1) is 10.2. The van der Waals surface area contributed by atoms with Crippen LogP contribution in [0.2, 0.25) is 0 Å². The van der Waals surface area contributed by atoms with E-state index in [2.05, 4.69) is 20.2 Å². The number of nitrogens with two attached hydrogens (primary N) is 2. The largest absolute Gasteiger partial charge is 0.383 e. The number of hydrogen-bond acceptors (Lipinski definition) is 5. The highest BCUT2D eigenvalue weighted by molar-refractivity contribution is 5.88. The molecule has 0 saturated heterocycles. The van der Waals surface area contributed by atoms with Crippen molar-refractivity contribution < 1.29 is 0 Å². The Morgan fingerprint density at radius 1 is 1.14 bits per heavy atom. The zero-order valence-electron chi connectivity index (χ0n) is 8.50. The summed E-state index contributed by atoms with van der Waals surface area (Å²) in [6.07, 6.45) is 0. The lowest BCUT2D eigenvalue weighted by Crippen LogP contribution is -1.99. The van der Waals surface area contributed by atoms with Crippen LogP contribution < -0.4 is 11.5 Å². The Morgan fingerprint density at radius 3 is 2.43 bits per heavy atom. The molecular weight excluding hydrogens is 180 g/mol. The Kier molecular flexibility index (Phi) is 2.85. The van der Waals surface area contributed by atoms with Crippen molar-refractivity contribution in [3.05, 3.63) is 5.69 Å². The fraction of sp³-hybridized carbons (Fsp3) is 0.375. The van der Waals surface area contributed by atoms with Gasteiger partial charge in [-0.15, -0.1) is 0 Å². The van der Waals surface area contributed by atoms with Crippen molar-refractivity contribution in [1.82, 2.24) is 20.2 Å². The molecule has 0 spiro atoms. The number of nitrogen functional groups attached to an aromatic ring is 2. The Morgan fingerprint density at radius 2 is 1.79 bits per heavy atom. The molecule has 0 aliphatic rings. The molecule has 0 atom stereocenters. The van der Waals surface area contributed by atoms with Gasteiger partial charge in [-0.1, -0.05) is 13.8 Å². The van der Waals surface area contributed by atoms with Crippen LogP contribution in [0.1, 0.15) is 19.5 Å². The lowest BCUT2D eigenvalue weighted by molar-refractivity contribution is 1.05. The predicted octanol–water partition coefficient (Wildman–Crippen LogP) is 0.852. The van der Waals surface area contributed by atoms with Gasteiger partial charge in [0.2, 0.25) is 5.95 Å². The number of nitrogens with one attached hydrogen (secondary N) is 1. The summed E-state index contributed by atoms with van der Waals surface area (Å²) in [6, 6.07) is 0. The molecule has 0 aliphatic heterocycles. The van der Waals surface area contributed by atoms with E-state index in [9.17, 15) is 0 Å². The summed E-state index contributed by atoms with van der Waals surface area (Å²) in [5.41, 5.74) is 12.4. The first-order chi connectivity index (χ1) is 6.68. The zero-order chi connectivity index (χ0) is 10.7. The molecule has 0 radical (unpaired) electrons. The predicted molar refractivity (Wildman–Crippen MR) is 56.6 cm³/mol. The number of fused-ring (bicyclic) bond motifs is 1. The fourth-order valence-electron chi connectivity index (χ4n) is 1.12. The lowest BCUT2D eigenvalue weighted by Gasteiger charge is -1.95. The van der Waals surface area contributed by atoms with Crippen molar-refractivity contribution in [2.45, 2.75) is 20.8 Å². The fourth-order valence-corrected chi connectivity index (χ4v) is 1.12. The van der Waals surface area contributed by atoms with Gasteiger partial charge in [0.15, 0.2) is 5.65 Å². The molecule has 0 saturated carbocycles. The van der Waals surface area contributed by atoms with Crippen LogP contribution in [-0.2, 0) is 0 Å². The minimum absolute atomic E-state index is 0.145. The van der Waals surface area contributed by atoms with Gasteiger partial charge in [-0.25, -0.2) is 0 Å². The van der Waals surface area contributed by atoms with Gasteiger partial charge in [-0.3, -0.25) is 5.10 Å². The van der Waals surface area contributed by atoms with Crippen molar-refractivity contribution in [2.24, 2.45) is 0 Å². The molecular formula is C8H14N6. The molecule has 0 aliphatic carbocycles. The Balaban J connectivity index is 0.000000461. The maximum absolute atomic E-state index is 5.61. The molecule has 6 heteroatoms. The molecule has 5 N–H and O–H groups in total. The number of aryl methyl sites for hydroxylation is 1. The van der Waals surface area contributed by atoms with E-state index < -0.39 is 0 Å². The van der Waals surface area contributed by atoms with E-state index in [-0.39, 0.29) is 5.95 Å². The standard InChI is InChI=1S/C6H8N6.C2H6/c1-2-3-4(7)9-6(8)10-5(3)12-11-2;1-2/h1H3,(H5,7,8,9,10,11,12);1-2H3. The van der Waals surface area contributed by atoms with E-state index in [1.807, 2.05) is 20.8 Å². The van der Waals surface area contributed by atoms with Crippen molar-refractivity contribution in [1.29, 1.82) is 0 Å². The zero-order valence-corrected chi connectivity index (χ0v) is 8.50. The topological polar surface area (TPSA) is 106 Å². The number of nitrogens with zero attached hydrogens (tertiary/aromatic N) is 3. The summed E-state index contributed by atoms with van der Waals surface area (Å²) in [7, 11) is 0. The molecule has 2 aromatic rings. The summed E-state index contributed by atoms with van der Waals surface area (Å²) < 4.78 is 0. The number of rotatable bonds is 0. The van der Waals surface area contributed by atoms with Crippen LogP contribution in [0, 0.1) is 6.92 Å². The molecule has 76 valence electrons. The summed E-state index contributed by atoms with van der Waals surface area (Å²) in [4.78, 5) is 7.72. The van der Waals surface area contributed by atoms with Gasteiger partial charge < -0.3 is 11.5 Å². The van der Waals surface area contributed by atoms with Crippen molar-refractivity contribution in [3.63, 3.8) is 0 Å². The lowest BCUT2D eigenvalue weighted by atomic mass is 10.3. The second kappa shape index (κ2) is 3.91. The molecule has 2 heterocycles. The number of aromatic amines is 1. The van der Waals surface area contributed by atoms with Crippen LogP contribution in [0.5, 0.6) is 0 Å². The highest BCUT2D eigenvalue weighted by Gasteiger charge is 2.08.